The van der Waals surface area contributed by atoms with Crippen molar-refractivity contribution in [3.8, 4) is 0 Å². The Labute approximate surface area is 90.1 Å². The van der Waals surface area contributed by atoms with Crippen LogP contribution in [0.5, 0.6) is 0 Å². The van der Waals surface area contributed by atoms with Crippen molar-refractivity contribution in [1.29, 1.82) is 0 Å². The predicted molar refractivity (Wildman–Crippen MR) is 61.8 cm³/mol. The van der Waals surface area contributed by atoms with E-state index in [0.717, 1.165) is 12.2 Å². The second-order valence-electron chi connectivity index (χ2n) is 3.50. The van der Waals surface area contributed by atoms with Gasteiger partial charge in [0.05, 0.1) is 6.26 Å². The van der Waals surface area contributed by atoms with Crippen molar-refractivity contribution in [3.05, 3.63) is 72.7 Å². The van der Waals surface area contributed by atoms with Crippen LogP contribution in [0.2, 0.25) is 0 Å². The number of hydrogen-bond acceptors (Lipinski definition) is 1. The average molecular weight is 198 g/mol. The van der Waals surface area contributed by atoms with Crippen LogP contribution in [0.4, 0.5) is 0 Å². The fraction of sp³-hybridized carbons (Fsp3) is 0.143. The molecule has 1 aromatic carbocycles. The number of hydrogen-bond donors (Lipinski definition) is 0. The first-order valence-electron chi connectivity index (χ1n) is 5.11. The molecule has 0 aliphatic carbocycles. The number of allylic oxidation sites excluding steroid dienone is 1. The molecule has 0 amide bonds. The van der Waals surface area contributed by atoms with Crippen LogP contribution in [0.15, 0.2) is 65.8 Å². The van der Waals surface area contributed by atoms with Gasteiger partial charge in [0.2, 0.25) is 0 Å². The molecule has 0 saturated carbocycles. The minimum Gasteiger partial charge on any atom is -0.469 e. The molecule has 0 fully saturated rings. The molecule has 0 aliphatic rings. The fourth-order valence-corrected chi connectivity index (χ4v) is 1.76. The molecule has 1 aromatic heterocycles. The molecular weight excluding hydrogens is 184 g/mol. The lowest BCUT2D eigenvalue weighted by molar-refractivity contribution is 0.486. The van der Waals surface area contributed by atoms with E-state index < -0.39 is 0 Å². The molecule has 2 rings (SSSR count). The molecule has 76 valence electrons. The summed E-state index contributed by atoms with van der Waals surface area (Å²) in [5.41, 5.74) is 1.27. The SMILES string of the molecule is C=CCC(c1ccccc1)c1ccco1. The lowest BCUT2D eigenvalue weighted by Crippen LogP contribution is -1.97. The van der Waals surface area contributed by atoms with E-state index in [-0.39, 0.29) is 0 Å². The van der Waals surface area contributed by atoms with Crippen molar-refractivity contribution in [3.63, 3.8) is 0 Å². The second-order valence-corrected chi connectivity index (χ2v) is 3.50. The zero-order valence-corrected chi connectivity index (χ0v) is 8.60. The smallest absolute Gasteiger partial charge is 0.111 e. The van der Waals surface area contributed by atoms with Crippen molar-refractivity contribution < 1.29 is 4.42 Å². The van der Waals surface area contributed by atoms with Gasteiger partial charge in [0.1, 0.15) is 5.76 Å². The molecule has 1 unspecified atom stereocenters. The Hall–Kier alpha value is -1.76. The molecule has 1 atom stereocenters. The highest BCUT2D eigenvalue weighted by Gasteiger charge is 2.14. The van der Waals surface area contributed by atoms with Gasteiger partial charge >= 0.3 is 0 Å². The third-order valence-corrected chi connectivity index (χ3v) is 2.49. The molecule has 1 heteroatoms. The number of benzene rings is 1. The van der Waals surface area contributed by atoms with E-state index in [4.69, 9.17) is 4.42 Å². The average Bonchev–Trinajstić information content (AvgIpc) is 2.80. The Morgan fingerprint density at radius 2 is 1.93 bits per heavy atom. The standard InChI is InChI=1S/C14H14O/c1-2-7-13(14-10-6-11-15-14)12-8-4-3-5-9-12/h2-6,8-11,13H,1,7H2. The van der Waals surface area contributed by atoms with E-state index in [1.54, 1.807) is 6.26 Å². The van der Waals surface area contributed by atoms with E-state index in [0.29, 0.717) is 5.92 Å². The third kappa shape index (κ3) is 2.18. The Bertz CT molecular complexity index is 400. The Morgan fingerprint density at radius 3 is 2.53 bits per heavy atom. The number of rotatable bonds is 4. The van der Waals surface area contributed by atoms with Gasteiger partial charge in [-0.1, -0.05) is 36.4 Å². The predicted octanol–water partition coefficient (Wildman–Crippen LogP) is 3.99. The summed E-state index contributed by atoms with van der Waals surface area (Å²) in [5.74, 6) is 1.29. The van der Waals surface area contributed by atoms with E-state index in [1.165, 1.54) is 5.56 Å². The second kappa shape index (κ2) is 4.65. The summed E-state index contributed by atoms with van der Waals surface area (Å²) >= 11 is 0. The molecule has 1 heterocycles. The van der Waals surface area contributed by atoms with Crippen LogP contribution in [0.25, 0.3) is 0 Å². The molecule has 0 spiro atoms. The van der Waals surface area contributed by atoms with Crippen molar-refractivity contribution in [2.24, 2.45) is 0 Å². The molecule has 1 nitrogen and oxygen atoms in total. The van der Waals surface area contributed by atoms with Gasteiger partial charge in [0, 0.05) is 5.92 Å². The van der Waals surface area contributed by atoms with Crippen LogP contribution in [0.1, 0.15) is 23.7 Å². The highest BCUT2D eigenvalue weighted by atomic mass is 16.3. The maximum absolute atomic E-state index is 5.45. The zero-order chi connectivity index (χ0) is 10.5. The largest absolute Gasteiger partial charge is 0.469 e. The van der Waals surface area contributed by atoms with Crippen LogP contribution < -0.4 is 0 Å². The summed E-state index contributed by atoms with van der Waals surface area (Å²) in [6.07, 6.45) is 4.55. The van der Waals surface area contributed by atoms with Gasteiger partial charge in [-0.15, -0.1) is 6.58 Å². The van der Waals surface area contributed by atoms with Gasteiger partial charge in [-0.2, -0.15) is 0 Å². The molecule has 2 aromatic rings. The lowest BCUT2D eigenvalue weighted by Gasteiger charge is -2.12. The van der Waals surface area contributed by atoms with Crippen LogP contribution in [0.3, 0.4) is 0 Å². The van der Waals surface area contributed by atoms with Gasteiger partial charge in [-0.25, -0.2) is 0 Å². The van der Waals surface area contributed by atoms with Crippen LogP contribution in [-0.4, -0.2) is 0 Å². The van der Waals surface area contributed by atoms with Gasteiger partial charge < -0.3 is 4.42 Å². The van der Waals surface area contributed by atoms with Gasteiger partial charge in [-0.05, 0) is 24.1 Å². The first-order chi connectivity index (χ1) is 7.42. The van der Waals surface area contributed by atoms with Crippen LogP contribution in [-0.2, 0) is 0 Å². The molecule has 0 N–H and O–H groups in total. The van der Waals surface area contributed by atoms with E-state index in [1.807, 2.05) is 36.4 Å². The normalized spacial score (nSPS) is 12.3. The molecule has 15 heavy (non-hydrogen) atoms. The molecule has 0 aliphatic heterocycles. The number of furan rings is 1. The van der Waals surface area contributed by atoms with Gasteiger partial charge in [-0.3, -0.25) is 0 Å². The third-order valence-electron chi connectivity index (χ3n) is 2.49. The summed E-state index contributed by atoms with van der Waals surface area (Å²) < 4.78 is 5.45. The topological polar surface area (TPSA) is 13.1 Å². The molecule has 0 saturated heterocycles. The minimum absolute atomic E-state index is 0.290. The Morgan fingerprint density at radius 1 is 1.13 bits per heavy atom. The monoisotopic (exact) mass is 198 g/mol. The van der Waals surface area contributed by atoms with E-state index >= 15 is 0 Å². The molecule has 0 bridgehead atoms. The van der Waals surface area contributed by atoms with Crippen LogP contribution >= 0.6 is 0 Å². The Balaban J connectivity index is 2.32. The summed E-state index contributed by atoms with van der Waals surface area (Å²) in [5, 5.41) is 0. The highest BCUT2D eigenvalue weighted by molar-refractivity contribution is 5.27. The maximum Gasteiger partial charge on any atom is 0.111 e. The van der Waals surface area contributed by atoms with E-state index in [2.05, 4.69) is 18.7 Å². The van der Waals surface area contributed by atoms with Crippen LogP contribution in [0, 0.1) is 0 Å². The molecule has 0 radical (unpaired) electrons. The molecular formula is C14H14O. The Kier molecular flexibility index (Phi) is 3.03. The zero-order valence-electron chi connectivity index (χ0n) is 8.60. The quantitative estimate of drug-likeness (QED) is 0.677. The summed E-state index contributed by atoms with van der Waals surface area (Å²) in [4.78, 5) is 0. The van der Waals surface area contributed by atoms with Crippen molar-refractivity contribution >= 4 is 0 Å². The van der Waals surface area contributed by atoms with Crippen molar-refractivity contribution in [2.45, 2.75) is 12.3 Å². The summed E-state index contributed by atoms with van der Waals surface area (Å²) in [7, 11) is 0. The summed E-state index contributed by atoms with van der Waals surface area (Å²) in [6.45, 7) is 3.79. The van der Waals surface area contributed by atoms with Crippen molar-refractivity contribution in [2.75, 3.05) is 0 Å². The highest BCUT2D eigenvalue weighted by Crippen LogP contribution is 2.28. The first kappa shape index (κ1) is 9.78. The summed E-state index contributed by atoms with van der Waals surface area (Å²) in [6, 6.07) is 14.3. The van der Waals surface area contributed by atoms with Gasteiger partial charge in [0.25, 0.3) is 0 Å². The van der Waals surface area contributed by atoms with Crippen molar-refractivity contribution in [1.82, 2.24) is 0 Å². The fourth-order valence-electron chi connectivity index (χ4n) is 1.76. The first-order valence-corrected chi connectivity index (χ1v) is 5.11. The lowest BCUT2D eigenvalue weighted by atomic mass is 9.93. The maximum atomic E-state index is 5.45. The van der Waals surface area contributed by atoms with E-state index in [9.17, 15) is 0 Å². The minimum atomic E-state index is 0.290. The van der Waals surface area contributed by atoms with Gasteiger partial charge in [0.15, 0.2) is 0 Å².